The first-order valence-corrected chi connectivity index (χ1v) is 5.95. The van der Waals surface area contributed by atoms with Crippen LogP contribution >= 0.6 is 0 Å². The Bertz CT molecular complexity index is 543. The average Bonchev–Trinajstić information content (AvgIpc) is 2.76. The molecular formula is C13H16N2O4. The monoisotopic (exact) mass is 264 g/mol. The Kier molecular flexibility index (Phi) is 3.20. The SMILES string of the molecule is Cc1cc(C(=O)N2CCC(N)(C(=O)O)C2)ccc1O. The molecule has 1 fully saturated rings. The molecule has 1 aliphatic rings. The Hall–Kier alpha value is -2.08. The Morgan fingerprint density at radius 2 is 2.11 bits per heavy atom. The van der Waals surface area contributed by atoms with Crippen LogP contribution in [-0.2, 0) is 4.79 Å². The number of aryl methyl sites for hydroxylation is 1. The smallest absolute Gasteiger partial charge is 0.325 e. The molecule has 1 aromatic rings. The highest BCUT2D eigenvalue weighted by Crippen LogP contribution is 2.23. The van der Waals surface area contributed by atoms with E-state index in [-0.39, 0.29) is 24.6 Å². The maximum atomic E-state index is 12.2. The number of phenolic OH excluding ortho intramolecular Hbond substituents is 1. The molecule has 1 aromatic carbocycles. The van der Waals surface area contributed by atoms with Gasteiger partial charge in [-0.15, -0.1) is 0 Å². The zero-order valence-electron chi connectivity index (χ0n) is 10.6. The summed E-state index contributed by atoms with van der Waals surface area (Å²) in [6.07, 6.45) is 0.241. The molecule has 1 saturated heterocycles. The lowest BCUT2D eigenvalue weighted by Gasteiger charge is -2.20. The number of carboxylic acids is 1. The van der Waals surface area contributed by atoms with Gasteiger partial charge in [-0.2, -0.15) is 0 Å². The molecule has 6 heteroatoms. The lowest BCUT2D eigenvalue weighted by atomic mass is 10.0. The molecule has 19 heavy (non-hydrogen) atoms. The van der Waals surface area contributed by atoms with E-state index in [1.807, 2.05) is 0 Å². The second kappa shape index (κ2) is 4.55. The van der Waals surface area contributed by atoms with Gasteiger partial charge in [0.05, 0.1) is 0 Å². The van der Waals surface area contributed by atoms with Crippen LogP contribution in [0.1, 0.15) is 22.3 Å². The fourth-order valence-electron chi connectivity index (χ4n) is 2.15. The van der Waals surface area contributed by atoms with Crippen molar-refractivity contribution in [2.75, 3.05) is 13.1 Å². The van der Waals surface area contributed by atoms with Gasteiger partial charge in [0, 0.05) is 18.7 Å². The van der Waals surface area contributed by atoms with Crippen molar-refractivity contribution >= 4 is 11.9 Å². The first-order chi connectivity index (χ1) is 8.83. The van der Waals surface area contributed by atoms with Crippen LogP contribution in [0.2, 0.25) is 0 Å². The molecule has 1 heterocycles. The Morgan fingerprint density at radius 1 is 1.42 bits per heavy atom. The van der Waals surface area contributed by atoms with Gasteiger partial charge in [-0.25, -0.2) is 0 Å². The van der Waals surface area contributed by atoms with Crippen LogP contribution in [0.5, 0.6) is 5.75 Å². The minimum atomic E-state index is -1.36. The van der Waals surface area contributed by atoms with Gasteiger partial charge in [0.25, 0.3) is 5.91 Å². The first kappa shape index (κ1) is 13.4. The first-order valence-electron chi connectivity index (χ1n) is 5.95. The minimum absolute atomic E-state index is 0.00108. The molecule has 0 radical (unpaired) electrons. The molecule has 6 nitrogen and oxygen atoms in total. The van der Waals surface area contributed by atoms with Crippen LogP contribution in [0.15, 0.2) is 18.2 Å². The van der Waals surface area contributed by atoms with Gasteiger partial charge >= 0.3 is 5.97 Å². The van der Waals surface area contributed by atoms with Gasteiger partial charge in [0.15, 0.2) is 0 Å². The van der Waals surface area contributed by atoms with Crippen molar-refractivity contribution in [1.82, 2.24) is 4.90 Å². The summed E-state index contributed by atoms with van der Waals surface area (Å²) < 4.78 is 0. The van der Waals surface area contributed by atoms with E-state index < -0.39 is 11.5 Å². The number of hydrogen-bond acceptors (Lipinski definition) is 4. The fraction of sp³-hybridized carbons (Fsp3) is 0.385. The second-order valence-electron chi connectivity index (χ2n) is 4.94. The van der Waals surface area contributed by atoms with Crippen LogP contribution in [0.3, 0.4) is 0 Å². The zero-order valence-corrected chi connectivity index (χ0v) is 10.6. The van der Waals surface area contributed by atoms with Crippen LogP contribution in [0, 0.1) is 6.92 Å². The summed E-state index contributed by atoms with van der Waals surface area (Å²) >= 11 is 0. The van der Waals surface area contributed by atoms with E-state index in [0.717, 1.165) is 0 Å². The average molecular weight is 264 g/mol. The van der Waals surface area contributed by atoms with Crippen molar-refractivity contribution in [2.24, 2.45) is 5.73 Å². The topological polar surface area (TPSA) is 104 Å². The van der Waals surface area contributed by atoms with E-state index in [4.69, 9.17) is 10.8 Å². The predicted molar refractivity (Wildman–Crippen MR) is 67.9 cm³/mol. The standard InChI is InChI=1S/C13H16N2O4/c1-8-6-9(2-3-10(8)16)11(17)15-5-4-13(14,7-15)12(18)19/h2-3,6,16H,4-5,7,14H2,1H3,(H,18,19). The van der Waals surface area contributed by atoms with Crippen molar-refractivity contribution in [3.63, 3.8) is 0 Å². The summed E-state index contributed by atoms with van der Waals surface area (Å²) in [5.74, 6) is -1.24. The number of amides is 1. The third-order valence-electron chi connectivity index (χ3n) is 3.46. The molecule has 1 amide bonds. The lowest BCUT2D eigenvalue weighted by Crippen LogP contribution is -2.50. The predicted octanol–water partition coefficient (Wildman–Crippen LogP) is 0.329. The maximum absolute atomic E-state index is 12.2. The summed E-state index contributed by atoms with van der Waals surface area (Å²) in [4.78, 5) is 24.7. The lowest BCUT2D eigenvalue weighted by molar-refractivity contribution is -0.142. The molecule has 4 N–H and O–H groups in total. The van der Waals surface area contributed by atoms with Gasteiger partial charge < -0.3 is 20.8 Å². The number of aliphatic carboxylic acids is 1. The van der Waals surface area contributed by atoms with E-state index in [1.165, 1.54) is 17.0 Å². The maximum Gasteiger partial charge on any atom is 0.325 e. The van der Waals surface area contributed by atoms with Gasteiger partial charge in [-0.3, -0.25) is 9.59 Å². The van der Waals surface area contributed by atoms with Crippen LogP contribution in [-0.4, -0.2) is 45.6 Å². The Morgan fingerprint density at radius 3 is 2.63 bits per heavy atom. The number of nitrogens with zero attached hydrogens (tertiary/aromatic N) is 1. The highest BCUT2D eigenvalue weighted by molar-refractivity contribution is 5.95. The van der Waals surface area contributed by atoms with Gasteiger partial charge in [0.1, 0.15) is 11.3 Å². The van der Waals surface area contributed by atoms with Crippen molar-refractivity contribution in [2.45, 2.75) is 18.9 Å². The summed E-state index contributed by atoms with van der Waals surface area (Å²) in [5.41, 5.74) is 5.39. The van der Waals surface area contributed by atoms with E-state index in [1.54, 1.807) is 13.0 Å². The molecule has 102 valence electrons. The highest BCUT2D eigenvalue weighted by Gasteiger charge is 2.43. The molecule has 0 bridgehead atoms. The van der Waals surface area contributed by atoms with E-state index in [9.17, 15) is 14.7 Å². The molecule has 0 saturated carbocycles. The van der Waals surface area contributed by atoms with E-state index in [2.05, 4.69) is 0 Å². The summed E-state index contributed by atoms with van der Waals surface area (Å²) in [6, 6.07) is 4.54. The number of hydrogen-bond donors (Lipinski definition) is 3. The highest BCUT2D eigenvalue weighted by atomic mass is 16.4. The molecule has 1 aliphatic heterocycles. The van der Waals surface area contributed by atoms with Gasteiger partial charge in [0.2, 0.25) is 0 Å². The van der Waals surface area contributed by atoms with Crippen LogP contribution in [0.4, 0.5) is 0 Å². The molecule has 2 rings (SSSR count). The number of aromatic hydroxyl groups is 1. The summed E-state index contributed by atoms with van der Waals surface area (Å²) in [6.45, 7) is 2.02. The molecule has 0 aliphatic carbocycles. The summed E-state index contributed by atoms with van der Waals surface area (Å²) in [5, 5.41) is 18.5. The third kappa shape index (κ3) is 2.39. The van der Waals surface area contributed by atoms with E-state index in [0.29, 0.717) is 17.7 Å². The Labute approximate surface area is 110 Å². The third-order valence-corrected chi connectivity index (χ3v) is 3.46. The van der Waals surface area contributed by atoms with Gasteiger partial charge in [-0.1, -0.05) is 0 Å². The largest absolute Gasteiger partial charge is 0.508 e. The molecule has 0 spiro atoms. The van der Waals surface area contributed by atoms with E-state index >= 15 is 0 Å². The molecular weight excluding hydrogens is 248 g/mol. The van der Waals surface area contributed by atoms with Gasteiger partial charge in [-0.05, 0) is 37.1 Å². The number of phenols is 1. The second-order valence-corrected chi connectivity index (χ2v) is 4.94. The number of carbonyl (C=O) groups excluding carboxylic acids is 1. The summed E-state index contributed by atoms with van der Waals surface area (Å²) in [7, 11) is 0. The quantitative estimate of drug-likeness (QED) is 0.714. The number of nitrogens with two attached hydrogens (primary N) is 1. The number of carboxylic acid groups (broad SMARTS) is 1. The van der Waals surface area contributed by atoms with Crippen molar-refractivity contribution in [1.29, 1.82) is 0 Å². The molecule has 1 atom stereocenters. The molecule has 1 unspecified atom stereocenters. The number of carbonyl (C=O) groups is 2. The van der Waals surface area contributed by atoms with Crippen molar-refractivity contribution in [3.05, 3.63) is 29.3 Å². The number of likely N-dealkylation sites (tertiary alicyclic amines) is 1. The van der Waals surface area contributed by atoms with Crippen LogP contribution in [0.25, 0.3) is 0 Å². The minimum Gasteiger partial charge on any atom is -0.508 e. The van der Waals surface area contributed by atoms with Crippen LogP contribution < -0.4 is 5.73 Å². The zero-order chi connectivity index (χ0) is 14.2. The number of rotatable bonds is 2. The fourth-order valence-corrected chi connectivity index (χ4v) is 2.15. The number of benzene rings is 1. The van der Waals surface area contributed by atoms with Crippen molar-refractivity contribution in [3.8, 4) is 5.75 Å². The normalized spacial score (nSPS) is 22.5. The van der Waals surface area contributed by atoms with Crippen molar-refractivity contribution < 1.29 is 19.8 Å². The molecule has 0 aromatic heterocycles. The Balaban J connectivity index is 2.18.